The van der Waals surface area contributed by atoms with Crippen LogP contribution in [0.2, 0.25) is 0 Å². The fourth-order valence-electron chi connectivity index (χ4n) is 3.38. The van der Waals surface area contributed by atoms with Gasteiger partial charge in [0.15, 0.2) is 6.61 Å². The molecule has 1 amide bonds. The molecule has 2 aromatic carbocycles. The van der Waals surface area contributed by atoms with Crippen molar-refractivity contribution >= 4 is 27.8 Å². The third-order valence-electron chi connectivity index (χ3n) is 5.00. The minimum atomic E-state index is -3.65. The largest absolute Gasteiger partial charge is 0.434 e. The van der Waals surface area contributed by atoms with Crippen LogP contribution in [0.25, 0.3) is 0 Å². The Bertz CT molecular complexity index is 1100. The number of nitrogens with one attached hydrogen (secondary N) is 1. The second-order valence-electron chi connectivity index (χ2n) is 7.42. The number of amides is 1. The molecule has 33 heavy (non-hydrogen) atoms. The minimum Gasteiger partial charge on any atom is -0.434 e. The molecule has 0 aromatic heterocycles. The zero-order valence-electron chi connectivity index (χ0n) is 18.0. The maximum absolute atomic E-state index is 13.0. The van der Waals surface area contributed by atoms with E-state index in [1.165, 1.54) is 28.6 Å². The van der Waals surface area contributed by atoms with Crippen LogP contribution >= 0.6 is 0 Å². The van der Waals surface area contributed by atoms with Crippen LogP contribution in [0.4, 0.5) is 14.5 Å². The van der Waals surface area contributed by atoms with E-state index in [-0.39, 0.29) is 16.2 Å². The van der Waals surface area contributed by atoms with E-state index < -0.39 is 29.1 Å². The normalized spacial score (nSPS) is 15.0. The summed E-state index contributed by atoms with van der Waals surface area (Å²) in [6.45, 7) is -0.776. The summed E-state index contributed by atoms with van der Waals surface area (Å²) in [4.78, 5) is 17.3. The Hall–Kier alpha value is -3.05. The number of carbonyl (C=O) groups excluding carboxylic acids is 1. The number of para-hydroxylation sites is 1. The molecule has 11 heteroatoms. The summed E-state index contributed by atoms with van der Waals surface area (Å²) in [6.07, 6.45) is 3.81. The first-order valence-electron chi connectivity index (χ1n) is 10.4. The highest BCUT2D eigenvalue weighted by atomic mass is 32.2. The Balaban J connectivity index is 1.60. The lowest BCUT2D eigenvalue weighted by Gasteiger charge is -2.26. The zero-order valence-corrected chi connectivity index (χ0v) is 18.9. The molecule has 0 radical (unpaired) electrons. The number of halogens is 2. The van der Waals surface area contributed by atoms with Gasteiger partial charge in [-0.25, -0.2) is 8.42 Å². The number of carbonyl (C=O) groups is 1. The first-order valence-corrected chi connectivity index (χ1v) is 11.8. The van der Waals surface area contributed by atoms with E-state index in [9.17, 15) is 22.0 Å². The van der Waals surface area contributed by atoms with Crippen molar-refractivity contribution in [3.05, 3.63) is 53.6 Å². The van der Waals surface area contributed by atoms with Crippen LogP contribution in [-0.4, -0.2) is 51.2 Å². The maximum Gasteiger partial charge on any atom is 0.387 e. The maximum atomic E-state index is 13.0. The lowest BCUT2D eigenvalue weighted by molar-refractivity contribution is -0.120. The summed E-state index contributed by atoms with van der Waals surface area (Å²) in [5, 5.41) is 6.19. The molecule has 1 aliphatic heterocycles. The highest BCUT2D eigenvalue weighted by molar-refractivity contribution is 7.89. The molecule has 0 bridgehead atoms. The molecule has 0 atom stereocenters. The quantitative estimate of drug-likeness (QED) is 0.435. The van der Waals surface area contributed by atoms with E-state index in [0.717, 1.165) is 25.5 Å². The average Bonchev–Trinajstić information content (AvgIpc) is 2.79. The van der Waals surface area contributed by atoms with Gasteiger partial charge in [0.1, 0.15) is 5.75 Å². The third kappa shape index (κ3) is 6.72. The van der Waals surface area contributed by atoms with Gasteiger partial charge in [-0.15, -0.1) is 0 Å². The molecule has 8 nitrogen and oxygen atoms in total. The summed E-state index contributed by atoms with van der Waals surface area (Å²) in [5.41, 5.74) is 1.15. The lowest BCUT2D eigenvalue weighted by Crippen LogP contribution is -2.36. The number of hydrogen-bond donors (Lipinski definition) is 1. The molecule has 2 aromatic rings. The second-order valence-corrected chi connectivity index (χ2v) is 9.32. The van der Waals surface area contributed by atoms with Crippen LogP contribution in [0.15, 0.2) is 52.5 Å². The van der Waals surface area contributed by atoms with Crippen molar-refractivity contribution in [3.8, 4) is 5.75 Å². The number of alkyl halides is 2. The van der Waals surface area contributed by atoms with Crippen molar-refractivity contribution in [2.24, 2.45) is 5.16 Å². The van der Waals surface area contributed by atoms with Crippen molar-refractivity contribution in [2.75, 3.05) is 25.0 Å². The van der Waals surface area contributed by atoms with Crippen LogP contribution in [0.1, 0.15) is 30.4 Å². The Morgan fingerprint density at radius 1 is 1.18 bits per heavy atom. The summed E-state index contributed by atoms with van der Waals surface area (Å²) >= 11 is 0. The van der Waals surface area contributed by atoms with Crippen molar-refractivity contribution in [3.63, 3.8) is 0 Å². The van der Waals surface area contributed by atoms with E-state index in [1.54, 1.807) is 25.1 Å². The lowest BCUT2D eigenvalue weighted by atomic mass is 10.2. The molecule has 1 heterocycles. The van der Waals surface area contributed by atoms with Crippen molar-refractivity contribution in [1.82, 2.24) is 4.31 Å². The molecule has 1 aliphatic rings. The molecule has 0 aliphatic carbocycles. The SMILES string of the molecule is Cc1ccc(NC(=O)CO/N=C/c2ccccc2OC(F)F)cc1S(=O)(=O)N1CCCCC1. The van der Waals surface area contributed by atoms with Gasteiger partial charge in [-0.2, -0.15) is 13.1 Å². The second kappa shape index (κ2) is 11.2. The summed E-state index contributed by atoms with van der Waals surface area (Å²) in [6, 6.07) is 10.7. The third-order valence-corrected chi connectivity index (χ3v) is 7.04. The number of hydrogen-bond acceptors (Lipinski definition) is 6. The van der Waals surface area contributed by atoms with Gasteiger partial charge in [-0.3, -0.25) is 4.79 Å². The van der Waals surface area contributed by atoms with E-state index in [2.05, 4.69) is 15.2 Å². The van der Waals surface area contributed by atoms with Gasteiger partial charge in [0, 0.05) is 24.3 Å². The highest BCUT2D eigenvalue weighted by Crippen LogP contribution is 2.26. The molecular formula is C22H25F2N3O5S. The number of aryl methyl sites for hydroxylation is 1. The molecule has 0 saturated carbocycles. The predicted octanol–water partition coefficient (Wildman–Crippen LogP) is 3.76. The molecule has 0 unspecified atom stereocenters. The number of ether oxygens (including phenoxy) is 1. The van der Waals surface area contributed by atoms with Gasteiger partial charge in [-0.1, -0.05) is 29.8 Å². The topological polar surface area (TPSA) is 97.3 Å². The standard InChI is InChI=1S/C22H25F2N3O5S/c1-16-9-10-18(13-20(16)33(29,30)27-11-5-2-6-12-27)26-21(28)15-31-25-14-17-7-3-4-8-19(17)32-22(23)24/h3-4,7-10,13-14,22H,2,5-6,11-12,15H2,1H3,(H,26,28)/b25-14+. The first-order chi connectivity index (χ1) is 15.8. The highest BCUT2D eigenvalue weighted by Gasteiger charge is 2.27. The Labute approximate surface area is 191 Å². The predicted molar refractivity (Wildman–Crippen MR) is 119 cm³/mol. The van der Waals surface area contributed by atoms with Crippen LogP contribution < -0.4 is 10.1 Å². The Kier molecular flexibility index (Phi) is 8.34. The van der Waals surface area contributed by atoms with Crippen LogP contribution in [0.3, 0.4) is 0 Å². The molecule has 3 rings (SSSR count). The van der Waals surface area contributed by atoms with Gasteiger partial charge in [-0.05, 0) is 49.6 Å². The number of sulfonamides is 1. The van der Waals surface area contributed by atoms with Crippen LogP contribution in [-0.2, 0) is 19.7 Å². The van der Waals surface area contributed by atoms with Gasteiger partial charge >= 0.3 is 6.61 Å². The van der Waals surface area contributed by atoms with Crippen LogP contribution in [0, 0.1) is 6.92 Å². The Morgan fingerprint density at radius 3 is 2.64 bits per heavy atom. The molecule has 178 valence electrons. The number of piperidine rings is 1. The summed E-state index contributed by atoms with van der Waals surface area (Å²) in [7, 11) is -3.65. The van der Waals surface area contributed by atoms with Gasteiger partial charge in [0.25, 0.3) is 5.91 Å². The van der Waals surface area contributed by atoms with E-state index >= 15 is 0 Å². The molecular weight excluding hydrogens is 456 g/mol. The molecule has 1 fully saturated rings. The van der Waals surface area contributed by atoms with Crippen molar-refractivity contribution < 1.29 is 31.6 Å². The van der Waals surface area contributed by atoms with Gasteiger partial charge in [0.2, 0.25) is 10.0 Å². The van der Waals surface area contributed by atoms with Crippen molar-refractivity contribution in [1.29, 1.82) is 0 Å². The molecule has 0 spiro atoms. The van der Waals surface area contributed by atoms with Gasteiger partial charge in [0.05, 0.1) is 11.1 Å². The summed E-state index contributed by atoms with van der Waals surface area (Å²) in [5.74, 6) is -0.638. The monoisotopic (exact) mass is 481 g/mol. The minimum absolute atomic E-state index is 0.0774. The number of anilines is 1. The average molecular weight is 482 g/mol. The zero-order chi connectivity index (χ0) is 23.8. The van der Waals surface area contributed by atoms with E-state index in [4.69, 9.17) is 4.84 Å². The Morgan fingerprint density at radius 2 is 1.91 bits per heavy atom. The van der Waals surface area contributed by atoms with Crippen molar-refractivity contribution in [2.45, 2.75) is 37.7 Å². The number of benzene rings is 2. The van der Waals surface area contributed by atoms with Gasteiger partial charge < -0.3 is 14.9 Å². The smallest absolute Gasteiger partial charge is 0.387 e. The van der Waals surface area contributed by atoms with Crippen LogP contribution in [0.5, 0.6) is 5.75 Å². The van der Waals surface area contributed by atoms with E-state index in [0.29, 0.717) is 24.3 Å². The first kappa shape index (κ1) is 24.6. The van der Waals surface area contributed by atoms with E-state index in [1.807, 2.05) is 0 Å². The fraction of sp³-hybridized carbons (Fsp3) is 0.364. The summed E-state index contributed by atoms with van der Waals surface area (Å²) < 4.78 is 56.7. The number of rotatable bonds is 9. The number of nitrogens with zero attached hydrogens (tertiary/aromatic N) is 2. The number of oxime groups is 1. The fourth-order valence-corrected chi connectivity index (χ4v) is 5.15. The molecule has 1 N–H and O–H groups in total. The molecule has 1 saturated heterocycles.